The molecule has 0 aliphatic carbocycles. The summed E-state index contributed by atoms with van der Waals surface area (Å²) in [6, 6.07) is 6.01. The van der Waals surface area contributed by atoms with Crippen LogP contribution in [-0.4, -0.2) is 41.4 Å². The van der Waals surface area contributed by atoms with Gasteiger partial charge in [0.2, 0.25) is 5.91 Å². The Balaban J connectivity index is 0.00000648. The number of carboxylic acids is 1. The third kappa shape index (κ3) is 9.26. The molecule has 0 saturated carbocycles. The summed E-state index contributed by atoms with van der Waals surface area (Å²) in [6.07, 6.45) is 2.24. The molecule has 7 N–H and O–H groups in total. The summed E-state index contributed by atoms with van der Waals surface area (Å²) in [6.45, 7) is 4.15. The van der Waals surface area contributed by atoms with E-state index >= 15 is 0 Å². The minimum Gasteiger partial charge on any atom is -0.480 e. The van der Waals surface area contributed by atoms with E-state index in [1.54, 1.807) is 12.1 Å². The van der Waals surface area contributed by atoms with Crippen LogP contribution in [0.3, 0.4) is 0 Å². The van der Waals surface area contributed by atoms with Crippen molar-refractivity contribution in [2.24, 2.45) is 16.9 Å². The topological polar surface area (TPSA) is 169 Å². The van der Waals surface area contributed by atoms with Gasteiger partial charge in [0, 0.05) is 17.0 Å². The molecule has 206 valence electrons. The highest BCUT2D eigenvalue weighted by molar-refractivity contribution is 7.14. The first kappa shape index (κ1) is 34.3. The predicted molar refractivity (Wildman–Crippen MR) is 146 cm³/mol. The summed E-state index contributed by atoms with van der Waals surface area (Å²) in [5, 5.41) is 19.1. The van der Waals surface area contributed by atoms with Crippen molar-refractivity contribution in [3.05, 3.63) is 51.5 Å². The van der Waals surface area contributed by atoms with E-state index in [0.717, 1.165) is 10.9 Å². The molecule has 1 amide bonds. The van der Waals surface area contributed by atoms with Gasteiger partial charge in [-0.25, -0.2) is 9.18 Å². The second-order valence-electron chi connectivity index (χ2n) is 8.22. The number of carbonyl (C=O) groups excluding carboxylic acids is 2. The SMILES string of the molecule is CCC(CC)(Cc1ccc(C(=O)Oc2ccc(C(=N)N)cc2F)s1)C(=O)NCCC[C@H](N)C(=O)O.Cl.Cl. The Hall–Kier alpha value is -2.73. The van der Waals surface area contributed by atoms with Gasteiger partial charge in [-0.15, -0.1) is 36.2 Å². The molecule has 0 aliphatic heterocycles. The number of amides is 1. The second kappa shape index (κ2) is 15.5. The smallest absolute Gasteiger partial charge is 0.353 e. The van der Waals surface area contributed by atoms with Crippen LogP contribution in [0.15, 0.2) is 30.3 Å². The Labute approximate surface area is 231 Å². The molecule has 0 spiro atoms. The molecule has 9 nitrogen and oxygen atoms in total. The van der Waals surface area contributed by atoms with E-state index in [1.807, 2.05) is 13.8 Å². The second-order valence-corrected chi connectivity index (χ2v) is 9.39. The summed E-state index contributed by atoms with van der Waals surface area (Å²) in [7, 11) is 0. The average molecular weight is 580 g/mol. The van der Waals surface area contributed by atoms with Crippen molar-refractivity contribution in [2.45, 2.75) is 52.0 Å². The molecule has 2 aromatic rings. The summed E-state index contributed by atoms with van der Waals surface area (Å²) < 4.78 is 19.4. The van der Waals surface area contributed by atoms with Crippen molar-refractivity contribution in [1.82, 2.24) is 5.32 Å². The van der Waals surface area contributed by atoms with Gasteiger partial charge in [-0.05, 0) is 62.4 Å². The maximum absolute atomic E-state index is 14.2. The van der Waals surface area contributed by atoms with Crippen LogP contribution in [0.2, 0.25) is 0 Å². The number of thiophene rings is 1. The molecule has 2 rings (SSSR count). The monoisotopic (exact) mass is 578 g/mol. The number of carboxylic acid groups (broad SMARTS) is 1. The maximum atomic E-state index is 14.2. The van der Waals surface area contributed by atoms with E-state index in [1.165, 1.54) is 23.5 Å². The van der Waals surface area contributed by atoms with Gasteiger partial charge in [-0.1, -0.05) is 13.8 Å². The molecule has 1 atom stereocenters. The van der Waals surface area contributed by atoms with E-state index in [0.29, 0.717) is 32.2 Å². The highest BCUT2D eigenvalue weighted by Crippen LogP contribution is 2.34. The van der Waals surface area contributed by atoms with Gasteiger partial charge in [0.05, 0.1) is 5.41 Å². The normalized spacial score (nSPS) is 11.5. The van der Waals surface area contributed by atoms with Gasteiger partial charge in [0.15, 0.2) is 11.6 Å². The fourth-order valence-corrected chi connectivity index (χ4v) is 4.58. The standard InChI is InChI=1S/C24H31FN4O5S.2ClH/c1-3-24(4-2,23(33)29-11-5-6-17(26)21(30)31)13-15-8-10-19(35-15)22(32)34-18-9-7-14(20(27)28)12-16(18)25;;/h7-10,12,17H,3-6,11,13,26H2,1-2H3,(H3,27,28)(H,29,33)(H,30,31);2*1H/t17-;;/m0../s1. The first-order valence-corrected chi connectivity index (χ1v) is 12.1. The number of amidine groups is 1. The van der Waals surface area contributed by atoms with Crippen molar-refractivity contribution in [2.75, 3.05) is 6.54 Å². The fraction of sp³-hybridized carbons (Fsp3) is 0.417. The number of benzene rings is 1. The zero-order valence-corrected chi connectivity index (χ0v) is 23.0. The van der Waals surface area contributed by atoms with Gasteiger partial charge in [-0.2, -0.15) is 0 Å². The molecular formula is C24H33Cl2FN4O5S. The van der Waals surface area contributed by atoms with Gasteiger partial charge < -0.3 is 26.6 Å². The molecule has 1 aromatic heterocycles. The number of ether oxygens (including phenoxy) is 1. The maximum Gasteiger partial charge on any atom is 0.353 e. The van der Waals surface area contributed by atoms with Crippen LogP contribution in [0.25, 0.3) is 0 Å². The van der Waals surface area contributed by atoms with Crippen molar-refractivity contribution in [3.8, 4) is 5.75 Å². The Bertz CT molecular complexity index is 1090. The van der Waals surface area contributed by atoms with E-state index < -0.39 is 29.2 Å². The summed E-state index contributed by atoms with van der Waals surface area (Å²) >= 11 is 1.17. The summed E-state index contributed by atoms with van der Waals surface area (Å²) in [5.74, 6) is -3.32. The third-order valence-corrected chi connectivity index (χ3v) is 7.02. The largest absolute Gasteiger partial charge is 0.480 e. The lowest BCUT2D eigenvalue weighted by molar-refractivity contribution is -0.138. The van der Waals surface area contributed by atoms with Gasteiger partial charge in [0.1, 0.15) is 16.8 Å². The number of nitrogens with one attached hydrogen (secondary N) is 2. The predicted octanol–water partition coefficient (Wildman–Crippen LogP) is 3.89. The van der Waals surface area contributed by atoms with Gasteiger partial charge in [-0.3, -0.25) is 15.0 Å². The molecule has 0 bridgehead atoms. The molecule has 13 heteroatoms. The van der Waals surface area contributed by atoms with Crippen LogP contribution >= 0.6 is 36.2 Å². The number of rotatable bonds is 13. The Kier molecular flexibility index (Phi) is 14.4. The highest BCUT2D eigenvalue weighted by atomic mass is 35.5. The lowest BCUT2D eigenvalue weighted by atomic mass is 9.77. The van der Waals surface area contributed by atoms with Gasteiger partial charge >= 0.3 is 11.9 Å². The molecule has 0 radical (unpaired) electrons. The number of carbonyl (C=O) groups is 3. The number of halogens is 3. The molecule has 0 fully saturated rings. The zero-order chi connectivity index (χ0) is 26.2. The number of hydrogen-bond donors (Lipinski definition) is 5. The number of esters is 1. The lowest BCUT2D eigenvalue weighted by Gasteiger charge is -2.30. The first-order valence-electron chi connectivity index (χ1n) is 11.2. The average Bonchev–Trinajstić information content (AvgIpc) is 3.29. The molecule has 0 saturated heterocycles. The van der Waals surface area contributed by atoms with E-state index in [4.69, 9.17) is 26.7 Å². The lowest BCUT2D eigenvalue weighted by Crippen LogP contribution is -2.42. The molecular weight excluding hydrogens is 546 g/mol. The van der Waals surface area contributed by atoms with Crippen molar-refractivity contribution in [3.63, 3.8) is 0 Å². The number of nitrogen functional groups attached to an aromatic ring is 1. The minimum atomic E-state index is -1.07. The van der Waals surface area contributed by atoms with E-state index in [2.05, 4.69) is 5.32 Å². The van der Waals surface area contributed by atoms with Crippen molar-refractivity contribution in [1.29, 1.82) is 5.41 Å². The third-order valence-electron chi connectivity index (χ3n) is 5.95. The summed E-state index contributed by atoms with van der Waals surface area (Å²) in [4.78, 5) is 37.4. The van der Waals surface area contributed by atoms with E-state index in [9.17, 15) is 18.8 Å². The first-order chi connectivity index (χ1) is 16.5. The number of nitrogens with two attached hydrogens (primary N) is 2. The van der Waals surface area contributed by atoms with Crippen LogP contribution < -0.4 is 21.5 Å². The Morgan fingerprint density at radius 3 is 2.38 bits per heavy atom. The molecule has 1 aromatic carbocycles. The molecule has 0 unspecified atom stereocenters. The Morgan fingerprint density at radius 2 is 1.84 bits per heavy atom. The quantitative estimate of drug-likeness (QED) is 0.0788. The number of aliphatic carboxylic acids is 1. The van der Waals surface area contributed by atoms with Crippen LogP contribution in [-0.2, 0) is 16.0 Å². The van der Waals surface area contributed by atoms with Crippen molar-refractivity contribution >= 4 is 59.8 Å². The summed E-state index contributed by atoms with van der Waals surface area (Å²) in [5.41, 5.74) is 10.3. The minimum absolute atomic E-state index is 0. The number of hydrogen-bond acceptors (Lipinski definition) is 7. The van der Waals surface area contributed by atoms with Gasteiger partial charge in [0.25, 0.3) is 0 Å². The van der Waals surface area contributed by atoms with Crippen LogP contribution in [0.4, 0.5) is 4.39 Å². The van der Waals surface area contributed by atoms with E-state index in [-0.39, 0.29) is 59.2 Å². The Morgan fingerprint density at radius 1 is 1.19 bits per heavy atom. The van der Waals surface area contributed by atoms with Crippen LogP contribution in [0, 0.1) is 16.6 Å². The molecule has 37 heavy (non-hydrogen) atoms. The zero-order valence-electron chi connectivity index (χ0n) is 20.5. The fourth-order valence-electron chi connectivity index (χ4n) is 3.55. The van der Waals surface area contributed by atoms with Crippen molar-refractivity contribution < 1.29 is 28.6 Å². The molecule has 1 heterocycles. The molecule has 0 aliphatic rings. The highest BCUT2D eigenvalue weighted by Gasteiger charge is 2.35. The van der Waals surface area contributed by atoms with Crippen LogP contribution in [0.1, 0.15) is 59.6 Å². The van der Waals surface area contributed by atoms with Crippen LogP contribution in [0.5, 0.6) is 5.75 Å².